The Morgan fingerprint density at radius 1 is 1.30 bits per heavy atom. The van der Waals surface area contributed by atoms with Gasteiger partial charge in [-0.05, 0) is 31.2 Å². The van der Waals surface area contributed by atoms with Crippen LogP contribution in [0.25, 0.3) is 0 Å². The molecule has 5 nitrogen and oxygen atoms in total. The number of benzene rings is 1. The van der Waals surface area contributed by atoms with Crippen LogP contribution in [0.5, 0.6) is 5.75 Å². The van der Waals surface area contributed by atoms with E-state index in [1.807, 2.05) is 27.0 Å². The quantitative estimate of drug-likeness (QED) is 0.796. The molecule has 1 aromatic carbocycles. The van der Waals surface area contributed by atoms with Crippen LogP contribution in [0.4, 0.5) is 0 Å². The molecule has 0 aliphatic rings. The van der Waals surface area contributed by atoms with E-state index in [-0.39, 0.29) is 4.90 Å². The summed E-state index contributed by atoms with van der Waals surface area (Å²) < 4.78 is 32.1. The van der Waals surface area contributed by atoms with E-state index in [0.29, 0.717) is 25.4 Å². The maximum Gasteiger partial charge on any atom is 0.246 e. The predicted molar refractivity (Wildman–Crippen MR) is 80.5 cm³/mol. The first kappa shape index (κ1) is 16.9. The van der Waals surface area contributed by atoms with Gasteiger partial charge in [-0.1, -0.05) is 19.9 Å². The van der Waals surface area contributed by atoms with Gasteiger partial charge in [0, 0.05) is 19.6 Å². The molecule has 0 heterocycles. The summed E-state index contributed by atoms with van der Waals surface area (Å²) in [4.78, 5) is 0.239. The second-order valence-electron chi connectivity index (χ2n) is 4.51. The first-order valence-corrected chi connectivity index (χ1v) is 8.26. The molecule has 0 spiro atoms. The van der Waals surface area contributed by atoms with E-state index in [9.17, 15) is 8.42 Å². The Labute approximate surface area is 122 Å². The van der Waals surface area contributed by atoms with E-state index in [1.54, 1.807) is 12.1 Å². The van der Waals surface area contributed by atoms with Crippen molar-refractivity contribution in [3.8, 4) is 5.75 Å². The van der Waals surface area contributed by atoms with E-state index >= 15 is 0 Å². The predicted octanol–water partition coefficient (Wildman–Crippen LogP) is 1.84. The van der Waals surface area contributed by atoms with Crippen LogP contribution in [0, 0.1) is 0 Å². The molecule has 0 radical (unpaired) electrons. The smallest absolute Gasteiger partial charge is 0.246 e. The highest BCUT2D eigenvalue weighted by Gasteiger charge is 2.26. The van der Waals surface area contributed by atoms with Gasteiger partial charge in [-0.2, -0.15) is 4.31 Å². The number of methoxy groups -OCH3 is 1. The van der Waals surface area contributed by atoms with Gasteiger partial charge in [0.1, 0.15) is 10.6 Å². The summed E-state index contributed by atoms with van der Waals surface area (Å²) >= 11 is 0. The molecule has 0 amide bonds. The third-order valence-corrected chi connectivity index (χ3v) is 5.05. The van der Waals surface area contributed by atoms with E-state index in [2.05, 4.69) is 5.32 Å². The molecule has 1 N–H and O–H groups in total. The molecule has 0 fully saturated rings. The van der Waals surface area contributed by atoms with E-state index in [4.69, 9.17) is 4.74 Å². The molecule has 0 saturated carbocycles. The largest absolute Gasteiger partial charge is 0.495 e. The first-order chi connectivity index (χ1) is 9.51. The van der Waals surface area contributed by atoms with Gasteiger partial charge in [0.2, 0.25) is 10.0 Å². The van der Waals surface area contributed by atoms with Crippen LogP contribution in [0.3, 0.4) is 0 Å². The molecule has 0 bridgehead atoms. The van der Waals surface area contributed by atoms with Gasteiger partial charge in [-0.3, -0.25) is 0 Å². The minimum Gasteiger partial charge on any atom is -0.495 e. The van der Waals surface area contributed by atoms with Gasteiger partial charge in [0.05, 0.1) is 7.11 Å². The average molecular weight is 300 g/mol. The minimum atomic E-state index is -3.52. The zero-order chi connectivity index (χ0) is 15.2. The monoisotopic (exact) mass is 300 g/mol. The number of hydrogen-bond acceptors (Lipinski definition) is 4. The molecule has 0 aromatic heterocycles. The first-order valence-electron chi connectivity index (χ1n) is 6.82. The van der Waals surface area contributed by atoms with E-state index < -0.39 is 10.0 Å². The second-order valence-corrected chi connectivity index (χ2v) is 6.42. The number of nitrogens with one attached hydrogen (secondary N) is 1. The molecule has 1 aromatic rings. The van der Waals surface area contributed by atoms with Crippen LogP contribution < -0.4 is 10.1 Å². The zero-order valence-electron chi connectivity index (χ0n) is 12.6. The summed E-state index contributed by atoms with van der Waals surface area (Å²) in [5.74, 6) is 0.388. The van der Waals surface area contributed by atoms with Gasteiger partial charge < -0.3 is 10.1 Å². The molecule has 0 aliphatic heterocycles. The highest BCUT2D eigenvalue weighted by atomic mass is 32.2. The average Bonchev–Trinajstić information content (AvgIpc) is 2.44. The molecule has 114 valence electrons. The van der Waals surface area contributed by atoms with Crippen molar-refractivity contribution in [3.05, 3.63) is 23.8 Å². The van der Waals surface area contributed by atoms with E-state index in [1.165, 1.54) is 11.4 Å². The minimum absolute atomic E-state index is 0.239. The van der Waals surface area contributed by atoms with Crippen LogP contribution in [-0.2, 0) is 16.6 Å². The van der Waals surface area contributed by atoms with Crippen molar-refractivity contribution in [1.82, 2.24) is 9.62 Å². The molecule has 0 atom stereocenters. The summed E-state index contributed by atoms with van der Waals surface area (Å²) in [5.41, 5.74) is 0.916. The Hall–Kier alpha value is -1.11. The van der Waals surface area contributed by atoms with Crippen molar-refractivity contribution >= 4 is 10.0 Å². The van der Waals surface area contributed by atoms with Crippen LogP contribution in [-0.4, -0.2) is 40.0 Å². The van der Waals surface area contributed by atoms with Crippen molar-refractivity contribution < 1.29 is 13.2 Å². The maximum absolute atomic E-state index is 12.7. The van der Waals surface area contributed by atoms with Gasteiger partial charge in [0.15, 0.2) is 0 Å². The lowest BCUT2D eigenvalue weighted by Gasteiger charge is -2.21. The number of rotatable bonds is 8. The normalized spacial score (nSPS) is 11.8. The van der Waals surface area contributed by atoms with E-state index in [0.717, 1.165) is 12.0 Å². The lowest BCUT2D eigenvalue weighted by atomic mass is 10.2. The molecule has 0 saturated heterocycles. The third-order valence-electron chi connectivity index (χ3n) is 3.05. The van der Waals surface area contributed by atoms with Crippen LogP contribution in [0.1, 0.15) is 25.8 Å². The van der Waals surface area contributed by atoms with Crippen molar-refractivity contribution in [3.63, 3.8) is 0 Å². The number of sulfonamides is 1. The standard InChI is InChI=1S/C14H24N2O3S/c1-5-9-16(6-2)20(17,18)14-10-12(11-15-3)7-8-13(14)19-4/h7-8,10,15H,5-6,9,11H2,1-4H3. The topological polar surface area (TPSA) is 58.6 Å². The second kappa shape index (κ2) is 7.61. The van der Waals surface area contributed by atoms with Crippen molar-refractivity contribution in [1.29, 1.82) is 0 Å². The number of ether oxygens (including phenoxy) is 1. The van der Waals surface area contributed by atoms with Gasteiger partial charge >= 0.3 is 0 Å². The number of hydrogen-bond donors (Lipinski definition) is 1. The Balaban J connectivity index is 3.30. The number of nitrogens with zero attached hydrogens (tertiary/aromatic N) is 1. The summed E-state index contributed by atoms with van der Waals surface area (Å²) in [6.45, 7) is 5.39. The Bertz CT molecular complexity index is 529. The van der Waals surface area contributed by atoms with Crippen molar-refractivity contribution in [2.75, 3.05) is 27.2 Å². The fraction of sp³-hybridized carbons (Fsp3) is 0.571. The summed E-state index contributed by atoms with van der Waals surface area (Å²) in [5, 5.41) is 3.02. The Morgan fingerprint density at radius 3 is 2.50 bits per heavy atom. The third kappa shape index (κ3) is 3.71. The van der Waals surface area contributed by atoms with Gasteiger partial charge in [-0.15, -0.1) is 0 Å². The maximum atomic E-state index is 12.7. The summed E-state index contributed by atoms with van der Waals surface area (Å²) in [7, 11) is -0.201. The highest BCUT2D eigenvalue weighted by Crippen LogP contribution is 2.28. The summed E-state index contributed by atoms with van der Waals surface area (Å²) in [6.07, 6.45) is 0.783. The fourth-order valence-corrected chi connectivity index (χ4v) is 3.82. The molecule has 0 aliphatic carbocycles. The zero-order valence-corrected chi connectivity index (χ0v) is 13.5. The van der Waals surface area contributed by atoms with Crippen molar-refractivity contribution in [2.45, 2.75) is 31.7 Å². The molecule has 20 heavy (non-hydrogen) atoms. The molecule has 1 rings (SSSR count). The van der Waals surface area contributed by atoms with Gasteiger partial charge in [0.25, 0.3) is 0 Å². The molecule has 0 unspecified atom stereocenters. The molecule has 6 heteroatoms. The Morgan fingerprint density at radius 2 is 2.00 bits per heavy atom. The van der Waals surface area contributed by atoms with Gasteiger partial charge in [-0.25, -0.2) is 8.42 Å². The molecular weight excluding hydrogens is 276 g/mol. The SMILES string of the molecule is CCCN(CC)S(=O)(=O)c1cc(CNC)ccc1OC. The molecular formula is C14H24N2O3S. The van der Waals surface area contributed by atoms with Crippen LogP contribution in [0.2, 0.25) is 0 Å². The highest BCUT2D eigenvalue weighted by molar-refractivity contribution is 7.89. The van der Waals surface area contributed by atoms with Crippen molar-refractivity contribution in [2.24, 2.45) is 0 Å². The fourth-order valence-electron chi connectivity index (χ4n) is 2.07. The summed E-state index contributed by atoms with van der Waals surface area (Å²) in [6, 6.07) is 5.26. The lowest BCUT2D eigenvalue weighted by Crippen LogP contribution is -2.32. The van der Waals surface area contributed by atoms with Crippen LogP contribution in [0.15, 0.2) is 23.1 Å². The lowest BCUT2D eigenvalue weighted by molar-refractivity contribution is 0.392. The van der Waals surface area contributed by atoms with Crippen LogP contribution >= 0.6 is 0 Å². The Kier molecular flexibility index (Phi) is 6.45.